The second-order valence-electron chi connectivity index (χ2n) is 15.9. The van der Waals surface area contributed by atoms with Crippen LogP contribution in [0.25, 0.3) is 0 Å². The molecule has 0 radical (unpaired) electrons. The number of carbonyl (C=O) groups is 4. The number of nitrogens with one attached hydrogen (secondary N) is 1. The monoisotopic (exact) mass is 778 g/mol. The van der Waals surface area contributed by atoms with Crippen LogP contribution in [0, 0.1) is 11.8 Å². The van der Waals surface area contributed by atoms with Crippen LogP contribution < -0.4 is 15.1 Å². The summed E-state index contributed by atoms with van der Waals surface area (Å²) in [5.41, 5.74) is 3.22. The third-order valence-corrected chi connectivity index (χ3v) is 11.7. The zero-order chi connectivity index (χ0) is 40.0. The van der Waals surface area contributed by atoms with Gasteiger partial charge < -0.3 is 34.7 Å². The van der Waals surface area contributed by atoms with Crippen molar-refractivity contribution in [2.24, 2.45) is 11.8 Å². The number of carbonyl (C=O) groups excluding carboxylic acids is 4. The molecule has 57 heavy (non-hydrogen) atoms. The highest BCUT2D eigenvalue weighted by Gasteiger charge is 2.36. The molecule has 4 fully saturated rings. The summed E-state index contributed by atoms with van der Waals surface area (Å²) in [6, 6.07) is 30.3. The summed E-state index contributed by atoms with van der Waals surface area (Å²) < 4.78 is 0. The molecule has 4 saturated heterocycles. The number of anilines is 2. The first-order valence-electron chi connectivity index (χ1n) is 20.9. The van der Waals surface area contributed by atoms with E-state index in [4.69, 9.17) is 0 Å². The van der Waals surface area contributed by atoms with Crippen molar-refractivity contribution in [3.05, 3.63) is 96.6 Å². The Balaban J connectivity index is 0.000000199. The van der Waals surface area contributed by atoms with Gasteiger partial charge in [0.25, 0.3) is 0 Å². The Morgan fingerprint density at radius 2 is 0.982 bits per heavy atom. The smallest absolute Gasteiger partial charge is 0.232 e. The van der Waals surface area contributed by atoms with Gasteiger partial charge in [0.2, 0.25) is 23.6 Å². The lowest BCUT2D eigenvalue weighted by Gasteiger charge is -2.35. The number of benzene rings is 3. The molecule has 4 amide bonds. The first-order chi connectivity index (χ1) is 27.7. The molecule has 0 spiro atoms. The molecule has 3 aromatic carbocycles. The average molecular weight is 779 g/mol. The summed E-state index contributed by atoms with van der Waals surface area (Å²) in [4.78, 5) is 64.6. The average Bonchev–Trinajstić information content (AvgIpc) is 3.78. The maximum atomic E-state index is 13.3. The van der Waals surface area contributed by atoms with Gasteiger partial charge in [0.1, 0.15) is 0 Å². The minimum Gasteiger partial charge on any atom is -0.345 e. The van der Waals surface area contributed by atoms with Gasteiger partial charge in [-0.3, -0.25) is 24.1 Å². The van der Waals surface area contributed by atoms with Crippen LogP contribution in [-0.4, -0.2) is 154 Å². The maximum absolute atomic E-state index is 13.3. The van der Waals surface area contributed by atoms with E-state index < -0.39 is 0 Å². The van der Waals surface area contributed by atoms with Crippen molar-refractivity contribution in [2.75, 3.05) is 116 Å². The van der Waals surface area contributed by atoms with Gasteiger partial charge >= 0.3 is 0 Å². The molecule has 2 atom stereocenters. The Bertz CT molecular complexity index is 1720. The standard InChI is InChI=1S/C26H34N4O2.C19H28N4O2/c1-27-21-23(19-25(27)31)26(32)30(24-11-6-3-7-12-24)14-8-13-28-15-17-29(18-16-28)20-22-9-4-2-5-10-22;1-21-15-16(14-18(21)24)19(25)23(17-6-3-2-4-7-17)11-5-10-22-12-8-20-9-13-22/h2-7,9-12,23H,8,13-21H2,1H3;2-4,6-7,16,20H,5,8-15H2,1H3. The van der Waals surface area contributed by atoms with Gasteiger partial charge in [0, 0.05) is 123 Å². The van der Waals surface area contributed by atoms with E-state index in [0.29, 0.717) is 39.0 Å². The van der Waals surface area contributed by atoms with Crippen molar-refractivity contribution < 1.29 is 19.2 Å². The number of amides is 4. The highest BCUT2D eigenvalue weighted by molar-refractivity contribution is 5.99. The first kappa shape index (κ1) is 42.0. The first-order valence-corrected chi connectivity index (χ1v) is 20.9. The SMILES string of the molecule is CN1CC(C(=O)N(CCCN2CCN(Cc3ccccc3)CC2)c2ccccc2)CC1=O.CN1CC(C(=O)N(CCCN2CCNCC2)c2ccccc2)CC1=O. The number of piperazine rings is 2. The van der Waals surface area contributed by atoms with Gasteiger partial charge in [0.15, 0.2) is 0 Å². The quantitative estimate of drug-likeness (QED) is 0.266. The van der Waals surface area contributed by atoms with Gasteiger partial charge in [0.05, 0.1) is 11.8 Å². The zero-order valence-electron chi connectivity index (χ0n) is 34.0. The Hall–Kier alpha value is -4.62. The van der Waals surface area contributed by atoms with Crippen molar-refractivity contribution in [2.45, 2.75) is 32.2 Å². The number of rotatable bonds is 14. The Kier molecular flexibility index (Phi) is 15.6. The number of nitrogens with zero attached hydrogens (tertiary/aromatic N) is 7. The molecule has 306 valence electrons. The maximum Gasteiger partial charge on any atom is 0.232 e. The Labute approximate surface area is 339 Å². The molecule has 0 bridgehead atoms. The van der Waals surface area contributed by atoms with Crippen molar-refractivity contribution in [3.8, 4) is 0 Å². The minimum atomic E-state index is -0.241. The van der Waals surface area contributed by atoms with Gasteiger partial charge in [-0.1, -0.05) is 66.7 Å². The van der Waals surface area contributed by atoms with Crippen LogP contribution in [0.5, 0.6) is 0 Å². The fourth-order valence-corrected chi connectivity index (χ4v) is 8.30. The molecule has 2 unspecified atom stereocenters. The minimum absolute atomic E-state index is 0.0599. The van der Waals surface area contributed by atoms with E-state index in [9.17, 15) is 19.2 Å². The molecule has 0 aliphatic carbocycles. The largest absolute Gasteiger partial charge is 0.345 e. The van der Waals surface area contributed by atoms with Crippen LogP contribution in [0.4, 0.5) is 11.4 Å². The summed E-state index contributed by atoms with van der Waals surface area (Å²) in [5, 5.41) is 3.36. The highest BCUT2D eigenvalue weighted by Crippen LogP contribution is 2.25. The van der Waals surface area contributed by atoms with Crippen molar-refractivity contribution in [1.82, 2.24) is 29.8 Å². The summed E-state index contributed by atoms with van der Waals surface area (Å²) in [5.74, 6) is -0.200. The van der Waals surface area contributed by atoms with E-state index in [1.54, 1.807) is 23.9 Å². The van der Waals surface area contributed by atoms with Crippen LogP contribution in [0.15, 0.2) is 91.0 Å². The van der Waals surface area contributed by atoms with Gasteiger partial charge in [-0.15, -0.1) is 0 Å². The molecule has 3 aromatic rings. The van der Waals surface area contributed by atoms with E-state index >= 15 is 0 Å². The molecule has 1 N–H and O–H groups in total. The molecule has 0 saturated carbocycles. The van der Waals surface area contributed by atoms with E-state index in [1.165, 1.54) is 5.56 Å². The second-order valence-corrected chi connectivity index (χ2v) is 15.9. The van der Waals surface area contributed by atoms with Crippen LogP contribution in [0.3, 0.4) is 0 Å². The molecule has 12 nitrogen and oxygen atoms in total. The Morgan fingerprint density at radius 3 is 1.40 bits per heavy atom. The number of hydrogen-bond donors (Lipinski definition) is 1. The van der Waals surface area contributed by atoms with Crippen LogP contribution in [0.1, 0.15) is 31.2 Å². The van der Waals surface area contributed by atoms with E-state index in [2.05, 4.69) is 50.3 Å². The second kappa shape index (κ2) is 21.2. The molecule has 7 rings (SSSR count). The lowest BCUT2D eigenvalue weighted by atomic mass is 10.1. The van der Waals surface area contributed by atoms with Crippen molar-refractivity contribution in [3.63, 3.8) is 0 Å². The molecular formula is C45H62N8O4. The summed E-state index contributed by atoms with van der Waals surface area (Å²) in [7, 11) is 3.55. The summed E-state index contributed by atoms with van der Waals surface area (Å²) in [6.07, 6.45) is 2.52. The molecule has 0 aromatic heterocycles. The van der Waals surface area contributed by atoms with Crippen molar-refractivity contribution >= 4 is 35.0 Å². The fraction of sp³-hybridized carbons (Fsp3) is 0.511. The lowest BCUT2D eigenvalue weighted by Crippen LogP contribution is -2.46. The number of para-hydroxylation sites is 2. The predicted octanol–water partition coefficient (Wildman–Crippen LogP) is 3.50. The van der Waals surface area contributed by atoms with Crippen LogP contribution in [-0.2, 0) is 25.7 Å². The molecule has 4 heterocycles. The third kappa shape index (κ3) is 12.2. The van der Waals surface area contributed by atoms with Crippen LogP contribution in [0.2, 0.25) is 0 Å². The number of likely N-dealkylation sites (tertiary alicyclic amines) is 2. The lowest BCUT2D eigenvalue weighted by molar-refractivity contribution is -0.127. The topological polar surface area (TPSA) is 103 Å². The van der Waals surface area contributed by atoms with Gasteiger partial charge in [-0.2, -0.15) is 0 Å². The van der Waals surface area contributed by atoms with Gasteiger partial charge in [-0.25, -0.2) is 0 Å². The van der Waals surface area contributed by atoms with E-state index in [-0.39, 0.29) is 35.5 Å². The van der Waals surface area contributed by atoms with Crippen LogP contribution >= 0.6 is 0 Å². The predicted molar refractivity (Wildman–Crippen MR) is 226 cm³/mol. The Morgan fingerprint density at radius 1 is 0.579 bits per heavy atom. The van der Waals surface area contributed by atoms with E-state index in [1.807, 2.05) is 70.5 Å². The zero-order valence-corrected chi connectivity index (χ0v) is 34.0. The number of hydrogen-bond acceptors (Lipinski definition) is 8. The summed E-state index contributed by atoms with van der Waals surface area (Å²) in [6.45, 7) is 13.9. The van der Waals surface area contributed by atoms with Crippen molar-refractivity contribution in [1.29, 1.82) is 0 Å². The fourth-order valence-electron chi connectivity index (χ4n) is 8.30. The summed E-state index contributed by atoms with van der Waals surface area (Å²) >= 11 is 0. The highest BCUT2D eigenvalue weighted by atomic mass is 16.2. The third-order valence-electron chi connectivity index (χ3n) is 11.7. The normalized spacial score (nSPS) is 20.7. The molecular weight excluding hydrogens is 717 g/mol. The molecule has 4 aliphatic heterocycles. The van der Waals surface area contributed by atoms with Gasteiger partial charge in [-0.05, 0) is 55.8 Å². The van der Waals surface area contributed by atoms with E-state index in [0.717, 1.165) is 96.2 Å². The molecule has 4 aliphatic rings. The molecule has 12 heteroatoms.